The fourth-order valence-electron chi connectivity index (χ4n) is 1.24. The predicted octanol–water partition coefficient (Wildman–Crippen LogP) is -0.536. The molecule has 14 heavy (non-hydrogen) atoms. The summed E-state index contributed by atoms with van der Waals surface area (Å²) in [6.45, 7) is 0. The third kappa shape index (κ3) is 1.37. The minimum absolute atomic E-state index is 0.426. The normalized spacial score (nSPS) is 10.4. The summed E-state index contributed by atoms with van der Waals surface area (Å²) in [5, 5.41) is 3.93. The van der Waals surface area contributed by atoms with Crippen molar-refractivity contribution < 1.29 is 0 Å². The van der Waals surface area contributed by atoms with Gasteiger partial charge in [-0.25, -0.2) is 4.79 Å². The SMILES string of the molecule is Cn1nccc1-c1cc(=O)[nH]c(=O)[nH]1. The van der Waals surface area contributed by atoms with Gasteiger partial charge in [0.2, 0.25) is 0 Å². The molecule has 2 heterocycles. The first-order valence-electron chi connectivity index (χ1n) is 3.99. The zero-order valence-corrected chi connectivity index (χ0v) is 7.44. The van der Waals surface area contributed by atoms with Crippen molar-refractivity contribution >= 4 is 0 Å². The van der Waals surface area contributed by atoms with E-state index in [1.54, 1.807) is 24.0 Å². The maximum absolute atomic E-state index is 11.0. The van der Waals surface area contributed by atoms with E-state index in [9.17, 15) is 9.59 Å². The molecule has 0 saturated heterocycles. The van der Waals surface area contributed by atoms with Crippen LogP contribution >= 0.6 is 0 Å². The Morgan fingerprint density at radius 1 is 1.36 bits per heavy atom. The van der Waals surface area contributed by atoms with E-state index in [2.05, 4.69) is 15.1 Å². The van der Waals surface area contributed by atoms with Crippen molar-refractivity contribution in [1.82, 2.24) is 19.7 Å². The Morgan fingerprint density at radius 2 is 2.14 bits per heavy atom. The molecule has 2 N–H and O–H groups in total. The van der Waals surface area contributed by atoms with E-state index in [1.807, 2.05) is 0 Å². The molecule has 0 bridgehead atoms. The van der Waals surface area contributed by atoms with Crippen molar-refractivity contribution in [2.45, 2.75) is 0 Å². The largest absolute Gasteiger partial charge is 0.326 e. The van der Waals surface area contributed by atoms with Gasteiger partial charge in [0.15, 0.2) is 0 Å². The predicted molar refractivity (Wildman–Crippen MR) is 49.9 cm³/mol. The zero-order valence-electron chi connectivity index (χ0n) is 7.44. The maximum atomic E-state index is 11.0. The van der Waals surface area contributed by atoms with Crippen molar-refractivity contribution in [2.24, 2.45) is 7.05 Å². The van der Waals surface area contributed by atoms with Crippen molar-refractivity contribution in [3.63, 3.8) is 0 Å². The molecule has 2 aromatic heterocycles. The highest BCUT2D eigenvalue weighted by Gasteiger charge is 2.03. The van der Waals surface area contributed by atoms with Crippen molar-refractivity contribution in [1.29, 1.82) is 0 Å². The Bertz CT molecular complexity index is 535. The molecule has 0 fully saturated rings. The van der Waals surface area contributed by atoms with Gasteiger partial charge in [0, 0.05) is 19.3 Å². The summed E-state index contributed by atoms with van der Waals surface area (Å²) in [6.07, 6.45) is 1.59. The number of hydrogen-bond acceptors (Lipinski definition) is 3. The molecule has 6 nitrogen and oxygen atoms in total. The Labute approximate surface area is 78.2 Å². The minimum Gasteiger partial charge on any atom is -0.305 e. The summed E-state index contributed by atoms with van der Waals surface area (Å²) in [6, 6.07) is 3.03. The molecule has 2 aromatic rings. The zero-order chi connectivity index (χ0) is 10.1. The molecule has 0 radical (unpaired) electrons. The van der Waals surface area contributed by atoms with E-state index in [1.165, 1.54) is 6.07 Å². The lowest BCUT2D eigenvalue weighted by Crippen LogP contribution is -2.21. The van der Waals surface area contributed by atoms with Crippen LogP contribution in [0.15, 0.2) is 27.9 Å². The fraction of sp³-hybridized carbons (Fsp3) is 0.125. The second-order valence-corrected chi connectivity index (χ2v) is 2.84. The average Bonchev–Trinajstić information content (AvgIpc) is 2.49. The second kappa shape index (κ2) is 2.99. The van der Waals surface area contributed by atoms with Gasteiger partial charge in [0.25, 0.3) is 5.56 Å². The summed E-state index contributed by atoms with van der Waals surface area (Å²) in [5.41, 5.74) is 0.200. The molecule has 0 aromatic carbocycles. The van der Waals surface area contributed by atoms with Crippen LogP contribution in [0.25, 0.3) is 11.4 Å². The lowest BCUT2D eigenvalue weighted by Gasteiger charge is -1.99. The summed E-state index contributed by atoms with van der Waals surface area (Å²) >= 11 is 0. The monoisotopic (exact) mass is 192 g/mol. The first-order valence-corrected chi connectivity index (χ1v) is 3.99. The summed E-state index contributed by atoms with van der Waals surface area (Å²) < 4.78 is 1.57. The van der Waals surface area contributed by atoms with Gasteiger partial charge in [-0.2, -0.15) is 5.10 Å². The van der Waals surface area contributed by atoms with E-state index in [4.69, 9.17) is 0 Å². The minimum atomic E-state index is -0.520. The summed E-state index contributed by atoms with van der Waals surface area (Å²) in [5.74, 6) is 0. The molecule has 2 rings (SSSR count). The number of rotatable bonds is 1. The Kier molecular flexibility index (Phi) is 1.81. The van der Waals surface area contributed by atoms with Crippen LogP contribution in [0.4, 0.5) is 0 Å². The van der Waals surface area contributed by atoms with Gasteiger partial charge in [-0.15, -0.1) is 0 Å². The molecule has 0 saturated carbocycles. The van der Waals surface area contributed by atoms with E-state index in [0.29, 0.717) is 11.4 Å². The lowest BCUT2D eigenvalue weighted by molar-refractivity contribution is 0.771. The molecule has 0 unspecified atom stereocenters. The van der Waals surface area contributed by atoms with Crippen molar-refractivity contribution in [2.75, 3.05) is 0 Å². The second-order valence-electron chi connectivity index (χ2n) is 2.84. The van der Waals surface area contributed by atoms with Gasteiger partial charge in [0.05, 0.1) is 11.4 Å². The van der Waals surface area contributed by atoms with Crippen LogP contribution in [0.2, 0.25) is 0 Å². The van der Waals surface area contributed by atoms with Crippen molar-refractivity contribution in [3.8, 4) is 11.4 Å². The van der Waals surface area contributed by atoms with Gasteiger partial charge in [-0.3, -0.25) is 14.5 Å². The molecule has 0 amide bonds. The maximum Gasteiger partial charge on any atom is 0.326 e. The highest BCUT2D eigenvalue weighted by Crippen LogP contribution is 2.10. The quantitative estimate of drug-likeness (QED) is 0.636. The van der Waals surface area contributed by atoms with Gasteiger partial charge in [0.1, 0.15) is 0 Å². The molecule has 0 spiro atoms. The van der Waals surface area contributed by atoms with Crippen LogP contribution in [0.1, 0.15) is 0 Å². The van der Waals surface area contributed by atoms with Gasteiger partial charge >= 0.3 is 5.69 Å². The number of H-pyrrole nitrogens is 2. The number of hydrogen-bond donors (Lipinski definition) is 2. The van der Waals surface area contributed by atoms with E-state index in [0.717, 1.165) is 0 Å². The Hall–Kier alpha value is -2.11. The van der Waals surface area contributed by atoms with Gasteiger partial charge < -0.3 is 4.98 Å². The highest BCUT2D eigenvalue weighted by atomic mass is 16.2. The number of aryl methyl sites for hydroxylation is 1. The molecule has 72 valence electrons. The van der Waals surface area contributed by atoms with Crippen molar-refractivity contribution in [3.05, 3.63) is 39.2 Å². The fourth-order valence-corrected chi connectivity index (χ4v) is 1.24. The summed E-state index contributed by atoms with van der Waals surface area (Å²) in [4.78, 5) is 26.6. The van der Waals surface area contributed by atoms with Crippen LogP contribution < -0.4 is 11.2 Å². The molecule has 0 aliphatic rings. The smallest absolute Gasteiger partial charge is 0.305 e. The standard InChI is InChI=1S/C8H8N4O2/c1-12-6(2-3-9-12)5-4-7(13)11-8(14)10-5/h2-4H,1H3,(H2,10,11,13,14). The highest BCUT2D eigenvalue weighted by molar-refractivity contribution is 5.52. The first-order chi connectivity index (χ1) is 6.66. The van der Waals surface area contributed by atoms with Crippen LogP contribution in [-0.4, -0.2) is 19.7 Å². The Morgan fingerprint density at radius 3 is 2.71 bits per heavy atom. The third-order valence-electron chi connectivity index (χ3n) is 1.86. The molecule has 6 heteroatoms. The van der Waals surface area contributed by atoms with Crippen LogP contribution in [0.5, 0.6) is 0 Å². The van der Waals surface area contributed by atoms with E-state index < -0.39 is 11.2 Å². The van der Waals surface area contributed by atoms with Crippen LogP contribution in [-0.2, 0) is 7.05 Å². The van der Waals surface area contributed by atoms with E-state index in [-0.39, 0.29) is 0 Å². The molecular weight excluding hydrogens is 184 g/mol. The number of nitrogens with zero attached hydrogens (tertiary/aromatic N) is 2. The molecule has 0 atom stereocenters. The molecule has 0 aliphatic heterocycles. The Balaban J connectivity index is 2.69. The number of nitrogens with one attached hydrogen (secondary N) is 2. The van der Waals surface area contributed by atoms with Crippen LogP contribution in [0.3, 0.4) is 0 Å². The number of aromatic amines is 2. The number of aromatic nitrogens is 4. The first kappa shape index (κ1) is 8.49. The molecule has 0 aliphatic carbocycles. The summed E-state index contributed by atoms with van der Waals surface area (Å²) in [7, 11) is 1.73. The van der Waals surface area contributed by atoms with Gasteiger partial charge in [-0.05, 0) is 6.07 Å². The average molecular weight is 192 g/mol. The van der Waals surface area contributed by atoms with Crippen LogP contribution in [0, 0.1) is 0 Å². The van der Waals surface area contributed by atoms with E-state index >= 15 is 0 Å². The lowest BCUT2D eigenvalue weighted by atomic mass is 10.3. The third-order valence-corrected chi connectivity index (χ3v) is 1.86. The molecular formula is C8H8N4O2. The topological polar surface area (TPSA) is 83.5 Å². The van der Waals surface area contributed by atoms with Gasteiger partial charge in [-0.1, -0.05) is 0 Å².